The van der Waals surface area contributed by atoms with Gasteiger partial charge in [0.1, 0.15) is 0 Å². The van der Waals surface area contributed by atoms with Gasteiger partial charge < -0.3 is 0 Å². The molecule has 0 aliphatic rings. The first kappa shape index (κ1) is 25.3. The van der Waals surface area contributed by atoms with Gasteiger partial charge in [-0.25, -0.2) is 0 Å². The summed E-state index contributed by atoms with van der Waals surface area (Å²) in [6.45, 7) is 0. The van der Waals surface area contributed by atoms with Crippen molar-refractivity contribution in [1.82, 2.24) is 0 Å². The van der Waals surface area contributed by atoms with Crippen LogP contribution in [-0.4, -0.2) is 19.7 Å². The summed E-state index contributed by atoms with van der Waals surface area (Å²) in [7, 11) is 0. The third-order valence-electron chi connectivity index (χ3n) is 5.68. The van der Waals surface area contributed by atoms with Gasteiger partial charge >= 0.3 is 22.7 Å². The first-order valence-electron chi connectivity index (χ1n) is 10.9. The van der Waals surface area contributed by atoms with Crippen LogP contribution in [0.5, 0.6) is 0 Å². The Morgan fingerprint density at radius 2 is 0.816 bits per heavy atom. The van der Waals surface area contributed by atoms with Crippen molar-refractivity contribution < 1.29 is 19.7 Å². The molecule has 0 saturated carbocycles. The van der Waals surface area contributed by atoms with Gasteiger partial charge in [-0.15, -0.1) is 0 Å². The molecular weight excluding hydrogens is 496 g/mol. The predicted molar refractivity (Wildman–Crippen MR) is 137 cm³/mol. The van der Waals surface area contributed by atoms with E-state index in [0.717, 1.165) is 0 Å². The molecule has 0 aliphatic carbocycles. The minimum Gasteiger partial charge on any atom is -0.258 e. The van der Waals surface area contributed by atoms with E-state index in [4.69, 9.17) is 0 Å². The Morgan fingerprint density at radius 3 is 1.16 bits per heavy atom. The second kappa shape index (κ2) is 10.5. The van der Waals surface area contributed by atoms with E-state index >= 15 is 0 Å². The van der Waals surface area contributed by atoms with E-state index in [9.17, 15) is 40.5 Å². The van der Waals surface area contributed by atoms with E-state index in [2.05, 4.69) is 0 Å². The molecule has 0 saturated heterocycles. The lowest BCUT2D eigenvalue weighted by Gasteiger charge is -2.18. The molecule has 4 aromatic rings. The molecule has 0 aromatic heterocycles. The van der Waals surface area contributed by atoms with Crippen molar-refractivity contribution >= 4 is 33.9 Å². The van der Waals surface area contributed by atoms with E-state index in [-0.39, 0.29) is 5.57 Å². The number of nitrogens with zero attached hydrogens (tertiary/aromatic N) is 4. The minimum absolute atomic E-state index is 0.0517. The first-order valence-corrected chi connectivity index (χ1v) is 10.9. The molecular formula is C26H16N4O8. The Hall–Kier alpha value is -5.78. The van der Waals surface area contributed by atoms with Crippen LogP contribution in [0.3, 0.4) is 0 Å². The molecule has 38 heavy (non-hydrogen) atoms. The second-order valence-corrected chi connectivity index (χ2v) is 7.87. The molecule has 4 aromatic carbocycles. The van der Waals surface area contributed by atoms with Crippen molar-refractivity contribution in [3.8, 4) is 0 Å². The van der Waals surface area contributed by atoms with Gasteiger partial charge in [-0.2, -0.15) is 0 Å². The highest BCUT2D eigenvalue weighted by molar-refractivity contribution is 6.07. The lowest BCUT2D eigenvalue weighted by Crippen LogP contribution is -2.09. The number of nitro groups is 4. The SMILES string of the molecule is O=[N+]([O-])c1cc(C(=C(c2ccccc2)c2ccccc2)c2ccccc2)c([N+](=O)[O-])c([N+](=O)[O-])c1[N+](=O)[O-]. The van der Waals surface area contributed by atoms with Crippen LogP contribution in [0.15, 0.2) is 97.1 Å². The molecule has 0 N–H and O–H groups in total. The molecule has 12 nitrogen and oxygen atoms in total. The van der Waals surface area contributed by atoms with Crippen LogP contribution in [0.25, 0.3) is 11.1 Å². The quantitative estimate of drug-likeness (QED) is 0.150. The van der Waals surface area contributed by atoms with Gasteiger partial charge in [0.15, 0.2) is 0 Å². The fraction of sp³-hybridized carbons (Fsp3) is 0. The third-order valence-corrected chi connectivity index (χ3v) is 5.68. The normalized spacial score (nSPS) is 10.4. The highest BCUT2D eigenvalue weighted by Gasteiger charge is 2.47. The maximum absolute atomic E-state index is 12.3. The Labute approximate surface area is 213 Å². The van der Waals surface area contributed by atoms with E-state index in [1.807, 2.05) is 0 Å². The fourth-order valence-corrected chi connectivity index (χ4v) is 4.21. The van der Waals surface area contributed by atoms with Crippen LogP contribution in [0.1, 0.15) is 22.3 Å². The molecule has 0 unspecified atom stereocenters. The summed E-state index contributed by atoms with van der Waals surface area (Å²) in [5.41, 5.74) is -4.24. The number of hydrogen-bond donors (Lipinski definition) is 0. The van der Waals surface area contributed by atoms with Crippen LogP contribution < -0.4 is 0 Å². The zero-order valence-corrected chi connectivity index (χ0v) is 19.3. The molecule has 188 valence electrons. The van der Waals surface area contributed by atoms with Gasteiger partial charge in [-0.3, -0.25) is 40.5 Å². The van der Waals surface area contributed by atoms with Gasteiger partial charge in [-0.05, 0) is 22.3 Å². The maximum atomic E-state index is 12.3. The maximum Gasteiger partial charge on any atom is 0.430 e. The van der Waals surface area contributed by atoms with Crippen molar-refractivity contribution in [3.05, 3.63) is 160 Å². The summed E-state index contributed by atoms with van der Waals surface area (Å²) >= 11 is 0. The summed E-state index contributed by atoms with van der Waals surface area (Å²) in [5.74, 6) is 0. The molecule has 4 rings (SSSR count). The van der Waals surface area contributed by atoms with Crippen LogP contribution in [0.4, 0.5) is 22.7 Å². The molecule has 0 fully saturated rings. The third kappa shape index (κ3) is 4.68. The van der Waals surface area contributed by atoms with E-state index in [1.54, 1.807) is 91.0 Å². The highest BCUT2D eigenvalue weighted by atomic mass is 16.7. The summed E-state index contributed by atoms with van der Waals surface area (Å²) in [5, 5.41) is 47.9. The monoisotopic (exact) mass is 512 g/mol. The predicted octanol–water partition coefficient (Wildman–Crippen LogP) is 6.33. The van der Waals surface area contributed by atoms with Crippen molar-refractivity contribution in [3.63, 3.8) is 0 Å². The van der Waals surface area contributed by atoms with E-state index < -0.39 is 48.0 Å². The summed E-state index contributed by atoms with van der Waals surface area (Å²) in [6, 6.07) is 26.0. The van der Waals surface area contributed by atoms with Gasteiger partial charge in [0.05, 0.1) is 25.3 Å². The van der Waals surface area contributed by atoms with Gasteiger partial charge in [0.25, 0.3) is 0 Å². The Kier molecular flexibility index (Phi) is 6.97. The summed E-state index contributed by atoms with van der Waals surface area (Å²) in [4.78, 5) is 43.0. The largest absolute Gasteiger partial charge is 0.430 e. The molecule has 0 amide bonds. The fourth-order valence-electron chi connectivity index (χ4n) is 4.21. The van der Waals surface area contributed by atoms with Crippen molar-refractivity contribution in [1.29, 1.82) is 0 Å². The first-order chi connectivity index (χ1) is 18.2. The lowest BCUT2D eigenvalue weighted by molar-refractivity contribution is -0.452. The van der Waals surface area contributed by atoms with E-state index in [0.29, 0.717) is 28.3 Å². The Bertz CT molecular complexity index is 1560. The lowest BCUT2D eigenvalue weighted by atomic mass is 9.84. The molecule has 0 spiro atoms. The average molecular weight is 512 g/mol. The molecule has 12 heteroatoms. The molecule has 0 aliphatic heterocycles. The summed E-state index contributed by atoms with van der Waals surface area (Å²) in [6.07, 6.45) is 0. The van der Waals surface area contributed by atoms with Crippen LogP contribution in [0, 0.1) is 40.5 Å². The Balaban J connectivity index is 2.34. The summed E-state index contributed by atoms with van der Waals surface area (Å²) < 4.78 is 0. The smallest absolute Gasteiger partial charge is 0.258 e. The van der Waals surface area contributed by atoms with Crippen LogP contribution in [0.2, 0.25) is 0 Å². The molecule has 0 radical (unpaired) electrons. The molecule has 0 bridgehead atoms. The van der Waals surface area contributed by atoms with Gasteiger partial charge in [0.2, 0.25) is 0 Å². The van der Waals surface area contributed by atoms with E-state index in [1.165, 1.54) is 0 Å². The van der Waals surface area contributed by atoms with Crippen molar-refractivity contribution in [2.75, 3.05) is 0 Å². The number of benzene rings is 4. The minimum atomic E-state index is -1.57. The van der Waals surface area contributed by atoms with Crippen molar-refractivity contribution in [2.24, 2.45) is 0 Å². The Morgan fingerprint density at radius 1 is 0.447 bits per heavy atom. The highest BCUT2D eigenvalue weighted by Crippen LogP contribution is 2.50. The van der Waals surface area contributed by atoms with Crippen LogP contribution >= 0.6 is 0 Å². The zero-order valence-electron chi connectivity index (χ0n) is 19.3. The molecule has 0 atom stereocenters. The van der Waals surface area contributed by atoms with Crippen molar-refractivity contribution in [2.45, 2.75) is 0 Å². The topological polar surface area (TPSA) is 173 Å². The average Bonchev–Trinajstić information content (AvgIpc) is 2.91. The van der Waals surface area contributed by atoms with Crippen LogP contribution in [-0.2, 0) is 0 Å². The molecule has 0 heterocycles. The van der Waals surface area contributed by atoms with Gasteiger partial charge in [0, 0.05) is 11.6 Å². The number of nitro benzene ring substituents is 4. The zero-order chi connectivity index (χ0) is 27.4. The van der Waals surface area contributed by atoms with Gasteiger partial charge in [-0.1, -0.05) is 91.0 Å². The number of rotatable bonds is 8. The number of hydrogen-bond acceptors (Lipinski definition) is 8. The standard InChI is InChI=1S/C26H16N4O8/c31-27(32)21-16-20(24(28(33)34)26(30(37)38)25(21)29(35)36)23(19-14-8-3-9-15-19)22(17-10-4-1-5-11-17)18-12-6-2-7-13-18/h1-16H. The second-order valence-electron chi connectivity index (χ2n) is 7.87.